The lowest BCUT2D eigenvalue weighted by Gasteiger charge is -2.30. The molecule has 2 aromatic heterocycles. The van der Waals surface area contributed by atoms with Crippen LogP contribution in [-0.2, 0) is 9.53 Å². The number of esters is 1. The zero-order valence-corrected chi connectivity index (χ0v) is 12.2. The van der Waals surface area contributed by atoms with E-state index in [0.29, 0.717) is 36.7 Å². The molecule has 1 saturated heterocycles. The summed E-state index contributed by atoms with van der Waals surface area (Å²) in [7, 11) is 1.38. The molecule has 1 aliphatic rings. The van der Waals surface area contributed by atoms with Crippen LogP contribution in [0.15, 0.2) is 11.6 Å². The normalized spacial score (nSPS) is 16.3. The van der Waals surface area contributed by atoms with Gasteiger partial charge in [0.15, 0.2) is 0 Å². The molecule has 0 atom stereocenters. The molecule has 2 aromatic rings. The van der Waals surface area contributed by atoms with Gasteiger partial charge < -0.3 is 19.8 Å². The molecule has 0 radical (unpaired) electrons. The maximum atomic E-state index is 11.5. The number of nitro groups is 1. The predicted molar refractivity (Wildman–Crippen MR) is 76.7 cm³/mol. The van der Waals surface area contributed by atoms with Gasteiger partial charge in [-0.2, -0.15) is 9.38 Å². The minimum atomic E-state index is -0.408. The van der Waals surface area contributed by atoms with E-state index in [1.165, 1.54) is 22.8 Å². The Balaban J connectivity index is 1.85. The maximum Gasteiger partial charge on any atom is 0.373 e. The van der Waals surface area contributed by atoms with Gasteiger partial charge in [-0.1, -0.05) is 11.3 Å². The smallest absolute Gasteiger partial charge is 0.373 e. The lowest BCUT2D eigenvalue weighted by atomic mass is 9.97. The SMILES string of the molecule is COC(=O)C1CCN(c2nc3sccn3c2[N+](=O)[O-])CC1. The van der Waals surface area contributed by atoms with Gasteiger partial charge in [-0.15, -0.1) is 0 Å². The van der Waals surface area contributed by atoms with Crippen molar-refractivity contribution in [1.82, 2.24) is 9.38 Å². The summed E-state index contributed by atoms with van der Waals surface area (Å²) < 4.78 is 6.24. The van der Waals surface area contributed by atoms with E-state index in [4.69, 9.17) is 4.74 Å². The molecule has 0 bridgehead atoms. The first kappa shape index (κ1) is 13.8. The summed E-state index contributed by atoms with van der Waals surface area (Å²) in [4.78, 5) is 29.2. The molecule has 8 nitrogen and oxygen atoms in total. The van der Waals surface area contributed by atoms with Crippen molar-refractivity contribution in [2.75, 3.05) is 25.1 Å². The molecule has 3 heterocycles. The van der Waals surface area contributed by atoms with E-state index in [0.717, 1.165) is 0 Å². The number of carbonyl (C=O) groups excluding carboxylic acids is 1. The van der Waals surface area contributed by atoms with Crippen LogP contribution in [0.3, 0.4) is 0 Å². The highest BCUT2D eigenvalue weighted by atomic mass is 32.1. The Kier molecular flexibility index (Phi) is 3.50. The molecular formula is C12H14N4O4S. The lowest BCUT2D eigenvalue weighted by molar-refractivity contribution is -0.389. The summed E-state index contributed by atoms with van der Waals surface area (Å²) >= 11 is 1.36. The van der Waals surface area contributed by atoms with Crippen LogP contribution in [-0.4, -0.2) is 40.5 Å². The van der Waals surface area contributed by atoms with Crippen molar-refractivity contribution in [3.8, 4) is 0 Å². The van der Waals surface area contributed by atoms with Crippen LogP contribution in [0.4, 0.5) is 11.6 Å². The summed E-state index contributed by atoms with van der Waals surface area (Å²) in [6.07, 6.45) is 2.89. The Morgan fingerprint density at radius 3 is 2.86 bits per heavy atom. The van der Waals surface area contributed by atoms with Gasteiger partial charge >= 0.3 is 11.8 Å². The first-order chi connectivity index (χ1) is 10.1. The quantitative estimate of drug-likeness (QED) is 0.487. The minimum Gasteiger partial charge on any atom is -0.469 e. The van der Waals surface area contributed by atoms with Crippen molar-refractivity contribution in [3.05, 3.63) is 21.7 Å². The van der Waals surface area contributed by atoms with E-state index < -0.39 is 4.92 Å². The Bertz CT molecular complexity index is 687. The monoisotopic (exact) mass is 310 g/mol. The van der Waals surface area contributed by atoms with Crippen LogP contribution in [0.1, 0.15) is 12.8 Å². The number of thiazole rings is 1. The number of nitrogens with zero attached hydrogens (tertiary/aromatic N) is 4. The molecule has 0 unspecified atom stereocenters. The van der Waals surface area contributed by atoms with Crippen molar-refractivity contribution < 1.29 is 14.5 Å². The fraction of sp³-hybridized carbons (Fsp3) is 0.500. The Hall–Kier alpha value is -2.16. The Morgan fingerprint density at radius 1 is 1.52 bits per heavy atom. The van der Waals surface area contributed by atoms with Gasteiger partial charge in [-0.25, -0.2) is 0 Å². The first-order valence-electron chi connectivity index (χ1n) is 6.54. The lowest BCUT2D eigenvalue weighted by Crippen LogP contribution is -2.37. The van der Waals surface area contributed by atoms with E-state index in [1.807, 2.05) is 4.90 Å². The summed E-state index contributed by atoms with van der Waals surface area (Å²) in [5.41, 5.74) is 0. The van der Waals surface area contributed by atoms with E-state index in [9.17, 15) is 14.9 Å². The molecule has 1 aliphatic heterocycles. The van der Waals surface area contributed by atoms with Crippen molar-refractivity contribution in [2.24, 2.45) is 5.92 Å². The highest BCUT2D eigenvalue weighted by Gasteiger charge is 2.32. The van der Waals surface area contributed by atoms with Crippen LogP contribution in [0.5, 0.6) is 0 Å². The van der Waals surface area contributed by atoms with E-state index in [1.54, 1.807) is 11.6 Å². The highest BCUT2D eigenvalue weighted by molar-refractivity contribution is 7.15. The minimum absolute atomic E-state index is 0.0113. The average molecular weight is 310 g/mol. The van der Waals surface area contributed by atoms with Crippen molar-refractivity contribution >= 4 is 33.9 Å². The number of ether oxygens (including phenoxy) is 1. The van der Waals surface area contributed by atoms with Crippen molar-refractivity contribution in [2.45, 2.75) is 12.8 Å². The van der Waals surface area contributed by atoms with Gasteiger partial charge in [-0.3, -0.25) is 4.79 Å². The third kappa shape index (κ3) is 2.33. The molecule has 9 heteroatoms. The summed E-state index contributed by atoms with van der Waals surface area (Å²) in [5, 5.41) is 13.1. The number of imidazole rings is 1. The van der Waals surface area contributed by atoms with Crippen LogP contribution in [0.2, 0.25) is 0 Å². The summed E-state index contributed by atoms with van der Waals surface area (Å²) in [5.74, 6) is 0.0296. The molecule has 3 rings (SSSR count). The van der Waals surface area contributed by atoms with E-state index >= 15 is 0 Å². The molecule has 0 saturated carbocycles. The average Bonchev–Trinajstić information content (AvgIpc) is 3.06. The molecule has 0 N–H and O–H groups in total. The van der Waals surface area contributed by atoms with Crippen LogP contribution in [0.25, 0.3) is 4.96 Å². The second-order valence-electron chi connectivity index (χ2n) is 4.86. The number of piperidine rings is 1. The maximum absolute atomic E-state index is 11.5. The number of fused-ring (bicyclic) bond motifs is 1. The number of hydrogen-bond donors (Lipinski definition) is 0. The Labute approximate surface area is 124 Å². The molecule has 0 spiro atoms. The highest BCUT2D eigenvalue weighted by Crippen LogP contribution is 2.33. The number of anilines is 1. The third-order valence-corrected chi connectivity index (χ3v) is 4.48. The zero-order chi connectivity index (χ0) is 15.0. The predicted octanol–water partition coefficient (Wildman–Crippen LogP) is 1.69. The molecule has 0 aromatic carbocycles. The standard InChI is InChI=1S/C12H14N4O4S/c1-20-11(17)8-2-4-14(5-3-8)9-10(16(18)19)15-6-7-21-12(15)13-9/h6-8H,2-5H2,1H3. The number of rotatable bonds is 3. The second kappa shape index (κ2) is 5.32. The van der Waals surface area contributed by atoms with E-state index in [2.05, 4.69) is 4.98 Å². The fourth-order valence-electron chi connectivity index (χ4n) is 2.64. The zero-order valence-electron chi connectivity index (χ0n) is 11.4. The molecule has 112 valence electrons. The fourth-order valence-corrected chi connectivity index (χ4v) is 3.34. The van der Waals surface area contributed by atoms with Gasteiger partial charge in [0.1, 0.15) is 6.20 Å². The number of carbonyl (C=O) groups is 1. The molecule has 21 heavy (non-hydrogen) atoms. The number of aromatic nitrogens is 2. The second-order valence-corrected chi connectivity index (χ2v) is 5.73. The topological polar surface area (TPSA) is 90.0 Å². The van der Waals surface area contributed by atoms with Crippen LogP contribution in [0, 0.1) is 16.0 Å². The van der Waals surface area contributed by atoms with Gasteiger partial charge in [0.25, 0.3) is 4.96 Å². The van der Waals surface area contributed by atoms with Gasteiger partial charge in [0.2, 0.25) is 5.82 Å². The molecule has 0 aliphatic carbocycles. The van der Waals surface area contributed by atoms with Crippen molar-refractivity contribution in [3.63, 3.8) is 0 Å². The summed E-state index contributed by atoms with van der Waals surface area (Å²) in [6.45, 7) is 1.12. The molecule has 0 amide bonds. The van der Waals surface area contributed by atoms with Gasteiger partial charge in [0.05, 0.1) is 13.0 Å². The van der Waals surface area contributed by atoms with E-state index in [-0.39, 0.29) is 17.7 Å². The molecular weight excluding hydrogens is 296 g/mol. The largest absolute Gasteiger partial charge is 0.469 e. The van der Waals surface area contributed by atoms with Gasteiger partial charge in [-0.05, 0) is 17.8 Å². The van der Waals surface area contributed by atoms with Gasteiger partial charge in [0, 0.05) is 18.5 Å². The number of hydrogen-bond acceptors (Lipinski definition) is 7. The Morgan fingerprint density at radius 2 is 2.24 bits per heavy atom. The third-order valence-electron chi connectivity index (χ3n) is 3.72. The summed E-state index contributed by atoms with van der Waals surface area (Å²) in [6, 6.07) is 0. The van der Waals surface area contributed by atoms with Crippen LogP contribution < -0.4 is 4.90 Å². The number of methoxy groups -OCH3 is 1. The first-order valence-corrected chi connectivity index (χ1v) is 7.42. The van der Waals surface area contributed by atoms with Crippen LogP contribution >= 0.6 is 11.3 Å². The van der Waals surface area contributed by atoms with Crippen molar-refractivity contribution in [1.29, 1.82) is 0 Å². The molecule has 1 fully saturated rings.